The van der Waals surface area contributed by atoms with Gasteiger partial charge in [-0.3, -0.25) is 4.90 Å². The zero-order valence-corrected chi connectivity index (χ0v) is 12.7. The van der Waals surface area contributed by atoms with Gasteiger partial charge < -0.3 is 4.98 Å². The number of nitrogens with one attached hydrogen (secondary N) is 1. The van der Waals surface area contributed by atoms with Crippen molar-refractivity contribution < 1.29 is 0 Å². The number of rotatable bonds is 4. The molecule has 2 heterocycles. The zero-order chi connectivity index (χ0) is 14.1. The lowest BCUT2D eigenvalue weighted by Gasteiger charge is -2.21. The second kappa shape index (κ2) is 5.47. The van der Waals surface area contributed by atoms with E-state index < -0.39 is 0 Å². The van der Waals surface area contributed by atoms with Crippen molar-refractivity contribution >= 4 is 34.2 Å². The van der Waals surface area contributed by atoms with Gasteiger partial charge in [-0.15, -0.1) is 5.10 Å². The van der Waals surface area contributed by atoms with Crippen molar-refractivity contribution in [1.82, 2.24) is 24.5 Å². The van der Waals surface area contributed by atoms with Gasteiger partial charge in [-0.05, 0) is 43.7 Å². The monoisotopic (exact) mass is 307 g/mol. The quantitative estimate of drug-likeness (QED) is 0.804. The number of hydrogen-bond acceptors (Lipinski definition) is 5. The van der Waals surface area contributed by atoms with Crippen LogP contribution in [0.15, 0.2) is 24.4 Å². The van der Waals surface area contributed by atoms with E-state index in [4.69, 9.17) is 11.6 Å². The van der Waals surface area contributed by atoms with Gasteiger partial charge in [-0.1, -0.05) is 16.1 Å². The molecule has 0 bridgehead atoms. The molecule has 2 aromatic heterocycles. The molecule has 104 valence electrons. The highest BCUT2D eigenvalue weighted by Crippen LogP contribution is 2.23. The third-order valence-corrected chi connectivity index (χ3v) is 4.21. The van der Waals surface area contributed by atoms with Crippen LogP contribution >= 0.6 is 23.1 Å². The maximum atomic E-state index is 5.99. The average Bonchev–Trinajstić information content (AvgIpc) is 3.06. The van der Waals surface area contributed by atoms with E-state index in [1.165, 1.54) is 11.5 Å². The fourth-order valence-corrected chi connectivity index (χ4v) is 2.78. The van der Waals surface area contributed by atoms with E-state index in [2.05, 4.69) is 38.4 Å². The Morgan fingerprint density at radius 2 is 2.30 bits per heavy atom. The summed E-state index contributed by atoms with van der Waals surface area (Å²) in [5.41, 5.74) is 1.90. The first-order chi connectivity index (χ1) is 9.63. The molecule has 5 nitrogen and oxygen atoms in total. The van der Waals surface area contributed by atoms with Crippen molar-refractivity contribution in [3.05, 3.63) is 40.1 Å². The Bertz CT molecular complexity index is 709. The van der Waals surface area contributed by atoms with Gasteiger partial charge in [0, 0.05) is 11.6 Å². The van der Waals surface area contributed by atoms with E-state index in [0.717, 1.165) is 28.3 Å². The van der Waals surface area contributed by atoms with Crippen molar-refractivity contribution in [3.63, 3.8) is 0 Å². The molecule has 7 heteroatoms. The lowest BCUT2D eigenvalue weighted by atomic mass is 10.3. The van der Waals surface area contributed by atoms with Gasteiger partial charge in [-0.2, -0.15) is 0 Å². The minimum atomic E-state index is 0.170. The van der Waals surface area contributed by atoms with Crippen molar-refractivity contribution in [2.45, 2.75) is 19.5 Å². The smallest absolute Gasteiger partial charge is 0.124 e. The Morgan fingerprint density at radius 1 is 1.45 bits per heavy atom. The maximum Gasteiger partial charge on any atom is 0.124 e. The summed E-state index contributed by atoms with van der Waals surface area (Å²) < 4.78 is 3.88. The lowest BCUT2D eigenvalue weighted by molar-refractivity contribution is 0.247. The Balaban J connectivity index is 1.82. The molecule has 0 radical (unpaired) electrons. The summed E-state index contributed by atoms with van der Waals surface area (Å²) in [7, 11) is 2.06. The molecule has 3 rings (SSSR count). The predicted molar refractivity (Wildman–Crippen MR) is 80.9 cm³/mol. The van der Waals surface area contributed by atoms with Crippen molar-refractivity contribution in [2.24, 2.45) is 0 Å². The van der Waals surface area contributed by atoms with Crippen LogP contribution in [0, 0.1) is 0 Å². The molecule has 0 saturated carbocycles. The Kier molecular flexibility index (Phi) is 3.69. The maximum absolute atomic E-state index is 5.99. The number of fused-ring (bicyclic) bond motifs is 1. The standard InChI is InChI=1S/C13H14ClN5S/c1-8(19(2)7-10-6-15-18-20-10)13-16-11-4-3-9(14)5-12(11)17-13/h3-6,8H,7H2,1-2H3,(H,16,17)/t8-/m0/s1. The van der Waals surface area contributed by atoms with Crippen molar-refractivity contribution in [3.8, 4) is 0 Å². The first kappa shape index (κ1) is 13.5. The highest BCUT2D eigenvalue weighted by atomic mass is 35.5. The number of imidazole rings is 1. The van der Waals surface area contributed by atoms with Crippen molar-refractivity contribution in [1.29, 1.82) is 0 Å². The van der Waals surface area contributed by atoms with Crippen LogP contribution in [0.1, 0.15) is 23.7 Å². The van der Waals surface area contributed by atoms with E-state index in [0.29, 0.717) is 5.02 Å². The molecule has 20 heavy (non-hydrogen) atoms. The van der Waals surface area contributed by atoms with Gasteiger partial charge in [-0.25, -0.2) is 4.98 Å². The molecule has 1 atom stereocenters. The van der Waals surface area contributed by atoms with E-state index in [1.807, 2.05) is 18.2 Å². The molecule has 1 N–H and O–H groups in total. The third-order valence-electron chi connectivity index (χ3n) is 3.33. The lowest BCUT2D eigenvalue weighted by Crippen LogP contribution is -2.22. The van der Waals surface area contributed by atoms with Crippen molar-refractivity contribution in [2.75, 3.05) is 7.05 Å². The third kappa shape index (κ3) is 2.67. The number of hydrogen-bond donors (Lipinski definition) is 1. The minimum Gasteiger partial charge on any atom is -0.341 e. The van der Waals surface area contributed by atoms with Crippen LogP contribution < -0.4 is 0 Å². The first-order valence-electron chi connectivity index (χ1n) is 6.25. The number of halogens is 1. The minimum absolute atomic E-state index is 0.170. The first-order valence-corrected chi connectivity index (χ1v) is 7.40. The molecule has 0 aliphatic heterocycles. The molecule has 0 aliphatic rings. The van der Waals surface area contributed by atoms with Gasteiger partial charge in [0.05, 0.1) is 28.1 Å². The van der Waals surface area contributed by atoms with Gasteiger partial charge in [0.2, 0.25) is 0 Å². The van der Waals surface area contributed by atoms with Crippen LogP contribution in [-0.2, 0) is 6.54 Å². The van der Waals surface area contributed by atoms with E-state index >= 15 is 0 Å². The van der Waals surface area contributed by atoms with E-state index in [9.17, 15) is 0 Å². The summed E-state index contributed by atoms with van der Waals surface area (Å²) in [5.74, 6) is 0.933. The fourth-order valence-electron chi connectivity index (χ4n) is 2.05. The Labute approximate surface area is 125 Å². The second-order valence-corrected chi connectivity index (χ2v) is 6.07. The van der Waals surface area contributed by atoms with Gasteiger partial charge >= 0.3 is 0 Å². The average molecular weight is 308 g/mol. The Hall–Kier alpha value is -1.50. The highest BCUT2D eigenvalue weighted by Gasteiger charge is 2.16. The molecule has 0 amide bonds. The summed E-state index contributed by atoms with van der Waals surface area (Å²) in [5, 5.41) is 4.57. The van der Waals surface area contributed by atoms with Crippen LogP contribution in [-0.4, -0.2) is 31.5 Å². The molecule has 0 aliphatic carbocycles. The van der Waals surface area contributed by atoms with Gasteiger partial charge in [0.15, 0.2) is 0 Å². The van der Waals surface area contributed by atoms with E-state index in [1.54, 1.807) is 6.20 Å². The number of benzene rings is 1. The summed E-state index contributed by atoms with van der Waals surface area (Å²) in [4.78, 5) is 11.3. The topological polar surface area (TPSA) is 57.7 Å². The highest BCUT2D eigenvalue weighted by molar-refractivity contribution is 7.05. The summed E-state index contributed by atoms with van der Waals surface area (Å²) in [6.07, 6.45) is 1.80. The molecule has 1 aromatic carbocycles. The molecule has 0 saturated heterocycles. The van der Waals surface area contributed by atoms with Gasteiger partial charge in [0.25, 0.3) is 0 Å². The molecule has 0 unspecified atom stereocenters. The normalized spacial score (nSPS) is 13.2. The SMILES string of the molecule is C[C@@H](c1nc2ccc(Cl)cc2[nH]1)N(C)Cc1cnns1. The Morgan fingerprint density at radius 3 is 3.05 bits per heavy atom. The van der Waals surface area contributed by atoms with Crippen LogP contribution in [0.2, 0.25) is 5.02 Å². The summed E-state index contributed by atoms with van der Waals surface area (Å²) in [6, 6.07) is 5.85. The number of aromatic amines is 1. The van der Waals surface area contributed by atoms with E-state index in [-0.39, 0.29) is 6.04 Å². The van der Waals surface area contributed by atoms with Crippen LogP contribution in [0.5, 0.6) is 0 Å². The number of H-pyrrole nitrogens is 1. The zero-order valence-electron chi connectivity index (χ0n) is 11.2. The second-order valence-electron chi connectivity index (χ2n) is 4.76. The fraction of sp³-hybridized carbons (Fsp3) is 0.308. The number of aromatic nitrogens is 4. The van der Waals surface area contributed by atoms with Crippen LogP contribution in [0.25, 0.3) is 11.0 Å². The van der Waals surface area contributed by atoms with Crippen LogP contribution in [0.4, 0.5) is 0 Å². The molecule has 0 fully saturated rings. The molecular weight excluding hydrogens is 294 g/mol. The molecule has 3 aromatic rings. The summed E-state index contributed by atoms with van der Waals surface area (Å²) >= 11 is 7.41. The summed E-state index contributed by atoms with van der Waals surface area (Å²) in [6.45, 7) is 2.92. The van der Waals surface area contributed by atoms with Crippen LogP contribution in [0.3, 0.4) is 0 Å². The van der Waals surface area contributed by atoms with Gasteiger partial charge in [0.1, 0.15) is 5.82 Å². The molecule has 0 spiro atoms. The largest absolute Gasteiger partial charge is 0.341 e. The number of nitrogens with zero attached hydrogens (tertiary/aromatic N) is 4. The predicted octanol–water partition coefficient (Wildman–Crippen LogP) is 3.26. The molecular formula is C13H14ClN5S.